The Bertz CT molecular complexity index is 1300. The van der Waals surface area contributed by atoms with E-state index < -0.39 is 11.2 Å². The quantitative estimate of drug-likeness (QED) is 0.372. The van der Waals surface area contributed by atoms with E-state index in [1.54, 1.807) is 31.4 Å². The molecule has 1 atom stereocenters. The van der Waals surface area contributed by atoms with Gasteiger partial charge in [0.05, 0.1) is 29.6 Å². The number of thioether (sulfide) groups is 1. The molecule has 33 heavy (non-hydrogen) atoms. The van der Waals surface area contributed by atoms with Crippen LogP contribution >= 0.6 is 11.8 Å². The van der Waals surface area contributed by atoms with E-state index in [0.717, 1.165) is 22.9 Å². The lowest BCUT2D eigenvalue weighted by molar-refractivity contribution is -0.305. The predicted molar refractivity (Wildman–Crippen MR) is 126 cm³/mol. The molecule has 0 unspecified atom stereocenters. The topological polar surface area (TPSA) is 86.0 Å². The first-order chi connectivity index (χ1) is 16.1. The van der Waals surface area contributed by atoms with E-state index in [0.29, 0.717) is 33.2 Å². The summed E-state index contributed by atoms with van der Waals surface area (Å²) in [6.07, 6.45) is 0. The lowest BCUT2D eigenvalue weighted by Gasteiger charge is -2.20. The molecule has 0 aliphatic rings. The number of carboxylic acid groups (broad SMARTS) is 1. The van der Waals surface area contributed by atoms with Crippen LogP contribution in [0.15, 0.2) is 96.0 Å². The van der Waals surface area contributed by atoms with E-state index in [9.17, 15) is 15.2 Å². The van der Waals surface area contributed by atoms with E-state index in [1.807, 2.05) is 66.7 Å². The number of benzene rings is 3. The van der Waals surface area contributed by atoms with Crippen molar-refractivity contribution in [1.82, 2.24) is 4.98 Å². The zero-order chi connectivity index (χ0) is 23.2. The number of carboxylic acids is 1. The number of ether oxygens (including phenoxy) is 1. The Kier molecular flexibility index (Phi) is 6.72. The minimum atomic E-state index is -1.24. The SMILES string of the molecule is COc1ccc(-c2cc(-c3ccccc3)nc(S[C@H](C(=O)[O-])c3ccccc3)c2C#N)cc1. The molecule has 0 radical (unpaired) electrons. The largest absolute Gasteiger partial charge is 0.549 e. The van der Waals surface area contributed by atoms with Crippen LogP contribution in [0.3, 0.4) is 0 Å². The molecule has 0 aliphatic carbocycles. The van der Waals surface area contributed by atoms with Gasteiger partial charge in [-0.15, -0.1) is 0 Å². The van der Waals surface area contributed by atoms with Crippen molar-refractivity contribution in [3.8, 4) is 34.2 Å². The van der Waals surface area contributed by atoms with Gasteiger partial charge in [-0.1, -0.05) is 84.6 Å². The van der Waals surface area contributed by atoms with Gasteiger partial charge in [-0.2, -0.15) is 5.26 Å². The first-order valence-corrected chi connectivity index (χ1v) is 11.1. The molecule has 5 nitrogen and oxygen atoms in total. The molecule has 4 rings (SSSR count). The van der Waals surface area contributed by atoms with Crippen LogP contribution in [0.25, 0.3) is 22.4 Å². The number of carbonyl (C=O) groups is 1. The van der Waals surface area contributed by atoms with Crippen LogP contribution in [0.2, 0.25) is 0 Å². The van der Waals surface area contributed by atoms with Gasteiger partial charge in [0, 0.05) is 11.1 Å². The Hall–Kier alpha value is -4.08. The van der Waals surface area contributed by atoms with Crippen molar-refractivity contribution < 1.29 is 14.6 Å². The molecule has 1 heterocycles. The number of rotatable bonds is 7. The summed E-state index contributed by atoms with van der Waals surface area (Å²) in [7, 11) is 1.59. The summed E-state index contributed by atoms with van der Waals surface area (Å²) < 4.78 is 5.25. The van der Waals surface area contributed by atoms with Crippen molar-refractivity contribution in [3.05, 3.63) is 102 Å². The molecule has 0 aliphatic heterocycles. The average Bonchev–Trinajstić information content (AvgIpc) is 2.87. The monoisotopic (exact) mass is 451 g/mol. The van der Waals surface area contributed by atoms with Crippen LogP contribution in [0, 0.1) is 11.3 Å². The highest BCUT2D eigenvalue weighted by atomic mass is 32.2. The first-order valence-electron chi connectivity index (χ1n) is 10.2. The average molecular weight is 452 g/mol. The number of nitriles is 1. The van der Waals surface area contributed by atoms with E-state index in [2.05, 4.69) is 6.07 Å². The zero-order valence-electron chi connectivity index (χ0n) is 17.8. The fourth-order valence-corrected chi connectivity index (χ4v) is 4.50. The molecular formula is C27H19N2O3S-. The summed E-state index contributed by atoms with van der Waals surface area (Å²) in [4.78, 5) is 16.7. The van der Waals surface area contributed by atoms with Gasteiger partial charge < -0.3 is 14.6 Å². The molecule has 0 fully saturated rings. The molecule has 0 spiro atoms. The number of aliphatic carboxylic acids is 1. The number of aromatic nitrogens is 1. The number of hydrogen-bond acceptors (Lipinski definition) is 6. The highest BCUT2D eigenvalue weighted by Crippen LogP contribution is 2.40. The maximum atomic E-state index is 12.0. The second-order valence-electron chi connectivity index (χ2n) is 7.17. The molecule has 0 amide bonds. The van der Waals surface area contributed by atoms with Crippen molar-refractivity contribution in [2.75, 3.05) is 7.11 Å². The van der Waals surface area contributed by atoms with Crippen LogP contribution in [-0.2, 0) is 4.79 Å². The minimum Gasteiger partial charge on any atom is -0.549 e. The molecule has 0 N–H and O–H groups in total. The number of hydrogen-bond donors (Lipinski definition) is 0. The fourth-order valence-electron chi connectivity index (χ4n) is 3.46. The van der Waals surface area contributed by atoms with Crippen molar-refractivity contribution >= 4 is 17.7 Å². The summed E-state index contributed by atoms with van der Waals surface area (Å²) in [5.74, 6) is -0.543. The zero-order valence-corrected chi connectivity index (χ0v) is 18.6. The van der Waals surface area contributed by atoms with Gasteiger partial charge in [-0.05, 0) is 29.3 Å². The normalized spacial score (nSPS) is 11.4. The lowest BCUT2D eigenvalue weighted by atomic mass is 9.99. The highest BCUT2D eigenvalue weighted by Gasteiger charge is 2.21. The Morgan fingerprint density at radius 3 is 2.18 bits per heavy atom. The standard InChI is InChI=1S/C27H20N2O3S/c1-32-21-14-12-18(13-15-21)22-16-24(19-8-4-2-5-9-19)29-26(23(22)17-28)33-25(27(30)31)20-10-6-3-7-11-20/h2-16,25H,1H3,(H,30,31)/p-1/t25-/m0/s1. The third-order valence-corrected chi connectivity index (χ3v) is 6.33. The van der Waals surface area contributed by atoms with Gasteiger partial charge in [-0.25, -0.2) is 4.98 Å². The lowest BCUT2D eigenvalue weighted by Crippen LogP contribution is -2.28. The molecule has 3 aromatic carbocycles. The molecular weight excluding hydrogens is 432 g/mol. The van der Waals surface area contributed by atoms with Crippen LogP contribution in [-0.4, -0.2) is 18.1 Å². The number of methoxy groups -OCH3 is 1. The van der Waals surface area contributed by atoms with Crippen LogP contribution in [0.4, 0.5) is 0 Å². The van der Waals surface area contributed by atoms with Gasteiger partial charge in [0.15, 0.2) is 0 Å². The summed E-state index contributed by atoms with van der Waals surface area (Å²) in [5, 5.41) is 21.4. The van der Waals surface area contributed by atoms with Crippen molar-refractivity contribution in [3.63, 3.8) is 0 Å². The van der Waals surface area contributed by atoms with Gasteiger partial charge in [0.1, 0.15) is 16.8 Å². The molecule has 4 aromatic rings. The van der Waals surface area contributed by atoms with E-state index in [4.69, 9.17) is 9.72 Å². The van der Waals surface area contributed by atoms with Crippen LogP contribution in [0.1, 0.15) is 16.4 Å². The van der Waals surface area contributed by atoms with Gasteiger partial charge in [0.25, 0.3) is 0 Å². The molecule has 1 aromatic heterocycles. The predicted octanol–water partition coefficient (Wildman–Crippen LogP) is 4.88. The highest BCUT2D eigenvalue weighted by molar-refractivity contribution is 8.00. The third kappa shape index (κ3) is 4.89. The Morgan fingerprint density at radius 2 is 1.61 bits per heavy atom. The van der Waals surface area contributed by atoms with Gasteiger partial charge in [-0.3, -0.25) is 0 Å². The van der Waals surface area contributed by atoms with Crippen molar-refractivity contribution in [1.29, 1.82) is 5.26 Å². The number of carbonyl (C=O) groups excluding carboxylic acids is 1. The summed E-state index contributed by atoms with van der Waals surface area (Å²) in [6.45, 7) is 0. The third-order valence-electron chi connectivity index (χ3n) is 5.11. The summed E-state index contributed by atoms with van der Waals surface area (Å²) in [6, 6.07) is 29.9. The molecule has 6 heteroatoms. The minimum absolute atomic E-state index is 0.312. The Morgan fingerprint density at radius 1 is 0.970 bits per heavy atom. The summed E-state index contributed by atoms with van der Waals surface area (Å²) in [5.41, 5.74) is 3.87. The maximum absolute atomic E-state index is 12.0. The van der Waals surface area contributed by atoms with Crippen LogP contribution in [0.5, 0.6) is 5.75 Å². The first kappa shape index (κ1) is 22.1. The number of pyridine rings is 1. The van der Waals surface area contributed by atoms with Crippen LogP contribution < -0.4 is 9.84 Å². The maximum Gasteiger partial charge on any atom is 0.118 e. The second kappa shape index (κ2) is 10.0. The fraction of sp³-hybridized carbons (Fsp3) is 0.0741. The van der Waals surface area contributed by atoms with E-state index in [-0.39, 0.29) is 0 Å². The molecule has 0 saturated heterocycles. The molecule has 0 saturated carbocycles. The second-order valence-corrected chi connectivity index (χ2v) is 8.26. The van der Waals surface area contributed by atoms with Gasteiger partial charge in [0.2, 0.25) is 0 Å². The van der Waals surface area contributed by atoms with Crippen molar-refractivity contribution in [2.45, 2.75) is 10.3 Å². The number of nitrogens with zero attached hydrogens (tertiary/aromatic N) is 2. The summed E-state index contributed by atoms with van der Waals surface area (Å²) >= 11 is 1.01. The van der Waals surface area contributed by atoms with E-state index >= 15 is 0 Å². The Balaban J connectivity index is 1.89. The smallest absolute Gasteiger partial charge is 0.118 e. The van der Waals surface area contributed by atoms with Crippen molar-refractivity contribution in [2.24, 2.45) is 0 Å². The van der Waals surface area contributed by atoms with E-state index in [1.165, 1.54) is 0 Å². The van der Waals surface area contributed by atoms with Gasteiger partial charge >= 0.3 is 0 Å². The molecule has 162 valence electrons. The molecule has 0 bridgehead atoms. The Labute approximate surface area is 196 Å².